The van der Waals surface area contributed by atoms with Gasteiger partial charge < -0.3 is 11.1 Å². The number of benzene rings is 2. The third-order valence-corrected chi connectivity index (χ3v) is 4.59. The average molecular weight is 356 g/mol. The van der Waals surface area contributed by atoms with Gasteiger partial charge >= 0.3 is 0 Å². The van der Waals surface area contributed by atoms with Gasteiger partial charge in [0.2, 0.25) is 10.0 Å². The minimum atomic E-state index is -3.74. The van der Waals surface area contributed by atoms with Crippen molar-refractivity contribution in [3.63, 3.8) is 0 Å². The van der Waals surface area contributed by atoms with Crippen LogP contribution in [0.2, 0.25) is 0 Å². The molecule has 2 aromatic rings. The van der Waals surface area contributed by atoms with Crippen LogP contribution < -0.4 is 16.2 Å². The Kier molecular flexibility index (Phi) is 4.03. The van der Waals surface area contributed by atoms with E-state index in [-0.39, 0.29) is 4.90 Å². The summed E-state index contributed by atoms with van der Waals surface area (Å²) in [5.41, 5.74) is 8.72. The van der Waals surface area contributed by atoms with Crippen molar-refractivity contribution in [2.45, 2.75) is 11.8 Å². The number of rotatable bonds is 3. The second-order valence-electron chi connectivity index (χ2n) is 4.38. The second kappa shape index (κ2) is 5.43. The summed E-state index contributed by atoms with van der Waals surface area (Å²) in [5.74, 6) is 0. The van der Waals surface area contributed by atoms with Gasteiger partial charge in [-0.05, 0) is 48.9 Å². The highest BCUT2D eigenvalue weighted by molar-refractivity contribution is 9.10. The lowest BCUT2D eigenvalue weighted by molar-refractivity contribution is 0.598. The number of nitrogens with two attached hydrogens (primary N) is 2. The third kappa shape index (κ3) is 3.30. The minimum Gasteiger partial charge on any atom is -0.397 e. The van der Waals surface area contributed by atoms with E-state index >= 15 is 0 Å². The van der Waals surface area contributed by atoms with Crippen molar-refractivity contribution in [2.24, 2.45) is 5.14 Å². The van der Waals surface area contributed by atoms with Crippen molar-refractivity contribution in [2.75, 3.05) is 11.1 Å². The number of anilines is 3. The number of primary sulfonamides is 1. The lowest BCUT2D eigenvalue weighted by Gasteiger charge is -2.11. The predicted octanol–water partition coefficient (Wildman–Crippen LogP) is 2.73. The molecule has 0 spiro atoms. The van der Waals surface area contributed by atoms with Crippen molar-refractivity contribution in [1.29, 1.82) is 0 Å². The summed E-state index contributed by atoms with van der Waals surface area (Å²) in [4.78, 5) is -0.00691. The molecule has 20 heavy (non-hydrogen) atoms. The summed E-state index contributed by atoms with van der Waals surface area (Å²) < 4.78 is 23.5. The zero-order chi connectivity index (χ0) is 14.9. The molecule has 0 fully saturated rings. The zero-order valence-electron chi connectivity index (χ0n) is 10.7. The molecule has 5 N–H and O–H groups in total. The molecule has 0 unspecified atom stereocenters. The van der Waals surface area contributed by atoms with Crippen LogP contribution in [0.3, 0.4) is 0 Å². The van der Waals surface area contributed by atoms with Gasteiger partial charge in [0.1, 0.15) is 0 Å². The van der Waals surface area contributed by atoms with Crippen LogP contribution in [0.25, 0.3) is 0 Å². The first-order valence-corrected chi connectivity index (χ1v) is 8.07. The molecule has 0 radical (unpaired) electrons. The number of nitrogens with one attached hydrogen (secondary N) is 1. The van der Waals surface area contributed by atoms with Crippen molar-refractivity contribution in [3.05, 3.63) is 46.4 Å². The van der Waals surface area contributed by atoms with Gasteiger partial charge in [0.25, 0.3) is 0 Å². The Morgan fingerprint density at radius 3 is 2.40 bits per heavy atom. The van der Waals surface area contributed by atoms with Crippen molar-refractivity contribution in [3.8, 4) is 0 Å². The average Bonchev–Trinajstić information content (AvgIpc) is 2.35. The molecule has 0 saturated carbocycles. The van der Waals surface area contributed by atoms with E-state index in [0.717, 1.165) is 15.7 Å². The summed E-state index contributed by atoms with van der Waals surface area (Å²) in [6.07, 6.45) is 0. The van der Waals surface area contributed by atoms with Gasteiger partial charge in [0.05, 0.1) is 16.3 Å². The molecule has 0 heterocycles. The lowest BCUT2D eigenvalue weighted by Crippen LogP contribution is -2.12. The molecule has 106 valence electrons. The molecular weight excluding hydrogens is 342 g/mol. The maximum atomic E-state index is 11.2. The number of hydrogen-bond donors (Lipinski definition) is 3. The molecule has 2 rings (SSSR count). The standard InChI is InChI=1S/C13H14BrN3O2S/c1-8-6-9(2-4-11(8)14)17-13-5-3-10(7-12(13)15)20(16,18)19/h2-7,17H,15H2,1H3,(H2,16,18,19). The maximum Gasteiger partial charge on any atom is 0.238 e. The van der Waals surface area contributed by atoms with Crippen LogP contribution in [0, 0.1) is 6.92 Å². The maximum absolute atomic E-state index is 11.2. The molecule has 0 aliphatic carbocycles. The summed E-state index contributed by atoms with van der Waals surface area (Å²) in [6.45, 7) is 1.97. The Balaban J connectivity index is 2.32. The highest BCUT2D eigenvalue weighted by atomic mass is 79.9. The molecule has 2 aromatic carbocycles. The van der Waals surface area contributed by atoms with Gasteiger partial charge in [-0.3, -0.25) is 0 Å². The Bertz CT molecular complexity index is 760. The van der Waals surface area contributed by atoms with E-state index in [0.29, 0.717) is 11.4 Å². The van der Waals surface area contributed by atoms with E-state index in [1.165, 1.54) is 12.1 Å². The van der Waals surface area contributed by atoms with Gasteiger partial charge in [-0.15, -0.1) is 0 Å². The Hall–Kier alpha value is -1.57. The number of sulfonamides is 1. The highest BCUT2D eigenvalue weighted by Crippen LogP contribution is 2.27. The molecular formula is C13H14BrN3O2S. The first-order chi connectivity index (χ1) is 9.27. The largest absolute Gasteiger partial charge is 0.397 e. The van der Waals surface area contributed by atoms with Gasteiger partial charge in [0.15, 0.2) is 0 Å². The summed E-state index contributed by atoms with van der Waals surface area (Å²) in [6, 6.07) is 10.1. The second-order valence-corrected chi connectivity index (χ2v) is 6.80. The van der Waals surface area contributed by atoms with Gasteiger partial charge in [-0.2, -0.15) is 0 Å². The van der Waals surface area contributed by atoms with E-state index < -0.39 is 10.0 Å². The third-order valence-electron chi connectivity index (χ3n) is 2.79. The zero-order valence-corrected chi connectivity index (χ0v) is 13.1. The molecule has 5 nitrogen and oxygen atoms in total. The minimum absolute atomic E-state index is 0.00691. The SMILES string of the molecule is Cc1cc(Nc2ccc(S(N)(=O)=O)cc2N)ccc1Br. The fraction of sp³-hybridized carbons (Fsp3) is 0.0769. The molecule has 0 aliphatic rings. The molecule has 0 atom stereocenters. The van der Waals surface area contributed by atoms with Crippen molar-refractivity contribution < 1.29 is 8.42 Å². The van der Waals surface area contributed by atoms with E-state index in [9.17, 15) is 8.42 Å². The Labute approximate surface area is 126 Å². The molecule has 7 heteroatoms. The molecule has 0 saturated heterocycles. The normalized spacial score (nSPS) is 11.3. The van der Waals surface area contributed by atoms with Gasteiger partial charge in [-0.1, -0.05) is 15.9 Å². The molecule has 0 bridgehead atoms. The van der Waals surface area contributed by atoms with E-state index in [1.54, 1.807) is 6.07 Å². The number of hydrogen-bond acceptors (Lipinski definition) is 4. The monoisotopic (exact) mass is 355 g/mol. The van der Waals surface area contributed by atoms with Crippen LogP contribution in [0.5, 0.6) is 0 Å². The summed E-state index contributed by atoms with van der Waals surface area (Å²) >= 11 is 3.43. The quantitative estimate of drug-likeness (QED) is 0.737. The van der Waals surface area contributed by atoms with Gasteiger partial charge in [-0.25, -0.2) is 13.6 Å². The molecule has 0 aliphatic heterocycles. The van der Waals surface area contributed by atoms with Gasteiger partial charge in [0, 0.05) is 10.2 Å². The lowest BCUT2D eigenvalue weighted by atomic mass is 10.2. The van der Waals surface area contributed by atoms with Crippen LogP contribution in [-0.4, -0.2) is 8.42 Å². The van der Waals surface area contributed by atoms with E-state index in [1.807, 2.05) is 25.1 Å². The molecule has 0 amide bonds. The van der Waals surface area contributed by atoms with Crippen LogP contribution in [0.4, 0.5) is 17.1 Å². The fourth-order valence-corrected chi connectivity index (χ4v) is 2.51. The van der Waals surface area contributed by atoms with Crippen LogP contribution in [0.1, 0.15) is 5.56 Å². The van der Waals surface area contributed by atoms with E-state index in [4.69, 9.17) is 10.9 Å². The Morgan fingerprint density at radius 1 is 1.15 bits per heavy atom. The van der Waals surface area contributed by atoms with Crippen LogP contribution in [-0.2, 0) is 10.0 Å². The first-order valence-electron chi connectivity index (χ1n) is 5.73. The topological polar surface area (TPSA) is 98.2 Å². The van der Waals surface area contributed by atoms with Crippen molar-refractivity contribution in [1.82, 2.24) is 0 Å². The Morgan fingerprint density at radius 2 is 1.85 bits per heavy atom. The van der Waals surface area contributed by atoms with E-state index in [2.05, 4.69) is 21.2 Å². The molecule has 0 aromatic heterocycles. The van der Waals surface area contributed by atoms with Crippen molar-refractivity contribution >= 4 is 43.0 Å². The van der Waals surface area contributed by atoms with Crippen LogP contribution in [0.15, 0.2) is 45.8 Å². The fourth-order valence-electron chi connectivity index (χ4n) is 1.71. The first kappa shape index (κ1) is 14.8. The predicted molar refractivity (Wildman–Crippen MR) is 84.4 cm³/mol. The van der Waals surface area contributed by atoms with Crippen LogP contribution >= 0.6 is 15.9 Å². The number of aryl methyl sites for hydroxylation is 1. The highest BCUT2D eigenvalue weighted by Gasteiger charge is 2.10. The summed E-state index contributed by atoms with van der Waals surface area (Å²) in [5, 5.41) is 8.19. The summed E-state index contributed by atoms with van der Waals surface area (Å²) in [7, 11) is -3.74. The number of halogens is 1. The number of nitrogen functional groups attached to an aromatic ring is 1. The smallest absolute Gasteiger partial charge is 0.238 e.